The zero-order chi connectivity index (χ0) is 9.97. The van der Waals surface area contributed by atoms with Crippen molar-refractivity contribution in [3.63, 3.8) is 0 Å². The van der Waals surface area contributed by atoms with E-state index in [1.54, 1.807) is 0 Å². The number of carbonyl (C=O) groups is 1. The van der Waals surface area contributed by atoms with Crippen LogP contribution in [0.1, 0.15) is 44.9 Å². The van der Waals surface area contributed by atoms with Crippen molar-refractivity contribution in [2.45, 2.75) is 57.1 Å². The molecule has 14 heavy (non-hydrogen) atoms. The van der Waals surface area contributed by atoms with E-state index >= 15 is 0 Å². The first kappa shape index (κ1) is 9.97. The van der Waals surface area contributed by atoms with Gasteiger partial charge in [0.1, 0.15) is 0 Å². The normalized spacial score (nSPS) is 34.6. The minimum atomic E-state index is -0.267. The van der Waals surface area contributed by atoms with Gasteiger partial charge in [0.25, 0.3) is 0 Å². The number of aliphatic hydroxyl groups is 1. The Balaban J connectivity index is 2.02. The van der Waals surface area contributed by atoms with Gasteiger partial charge < -0.3 is 10.0 Å². The smallest absolute Gasteiger partial charge is 0.222 e. The minimum absolute atomic E-state index is 0.126. The summed E-state index contributed by atoms with van der Waals surface area (Å²) in [6, 6.07) is 0.126. The highest BCUT2D eigenvalue weighted by atomic mass is 16.3. The van der Waals surface area contributed by atoms with Gasteiger partial charge in [-0.2, -0.15) is 0 Å². The first-order chi connectivity index (χ1) is 6.79. The van der Waals surface area contributed by atoms with Crippen LogP contribution in [-0.4, -0.2) is 34.6 Å². The number of rotatable bonds is 1. The lowest BCUT2D eigenvalue weighted by Gasteiger charge is -2.30. The van der Waals surface area contributed by atoms with Gasteiger partial charge in [0.15, 0.2) is 0 Å². The number of aliphatic hydroxyl groups excluding tert-OH is 1. The third kappa shape index (κ3) is 1.92. The van der Waals surface area contributed by atoms with Crippen LogP contribution in [0.5, 0.6) is 0 Å². The molecule has 1 saturated carbocycles. The van der Waals surface area contributed by atoms with Crippen LogP contribution in [0.3, 0.4) is 0 Å². The van der Waals surface area contributed by atoms with Gasteiger partial charge in [-0.25, -0.2) is 0 Å². The number of likely N-dealkylation sites (tertiary alicyclic amines) is 1. The number of hydrogen-bond acceptors (Lipinski definition) is 2. The third-order valence-corrected chi connectivity index (χ3v) is 3.45. The van der Waals surface area contributed by atoms with E-state index in [4.69, 9.17) is 0 Å². The molecule has 3 heteroatoms. The van der Waals surface area contributed by atoms with E-state index in [2.05, 4.69) is 0 Å². The highest BCUT2D eigenvalue weighted by molar-refractivity contribution is 5.76. The van der Waals surface area contributed by atoms with Crippen LogP contribution >= 0.6 is 0 Å². The summed E-state index contributed by atoms with van der Waals surface area (Å²) in [7, 11) is 0. The topological polar surface area (TPSA) is 40.5 Å². The number of nitrogens with zero attached hydrogens (tertiary/aromatic N) is 1. The molecule has 0 aromatic carbocycles. The third-order valence-electron chi connectivity index (χ3n) is 3.45. The Hall–Kier alpha value is -0.570. The maximum Gasteiger partial charge on any atom is 0.222 e. The average Bonchev–Trinajstić information content (AvgIpc) is 2.46. The standard InChI is InChI=1S/C11H19NO2/c13-10-6-4-5-9(10)12-8-3-1-2-7-11(12)14/h9-10,13H,1-8H2/t9-,10-/m0/s1. The van der Waals surface area contributed by atoms with Crippen LogP contribution in [0.15, 0.2) is 0 Å². The zero-order valence-electron chi connectivity index (χ0n) is 8.61. The van der Waals surface area contributed by atoms with Gasteiger partial charge in [-0.3, -0.25) is 4.79 Å². The van der Waals surface area contributed by atoms with E-state index in [1.165, 1.54) is 0 Å². The van der Waals surface area contributed by atoms with Crippen molar-refractivity contribution >= 4 is 5.91 Å². The largest absolute Gasteiger partial charge is 0.391 e. The van der Waals surface area contributed by atoms with E-state index in [-0.39, 0.29) is 18.1 Å². The lowest BCUT2D eigenvalue weighted by atomic mass is 10.1. The summed E-state index contributed by atoms with van der Waals surface area (Å²) in [4.78, 5) is 13.7. The maximum atomic E-state index is 11.8. The fourth-order valence-electron chi connectivity index (χ4n) is 2.64. The molecular weight excluding hydrogens is 178 g/mol. The summed E-state index contributed by atoms with van der Waals surface area (Å²) < 4.78 is 0. The Morgan fingerprint density at radius 1 is 1.14 bits per heavy atom. The fourth-order valence-corrected chi connectivity index (χ4v) is 2.64. The number of hydrogen-bond donors (Lipinski definition) is 1. The molecule has 2 atom stereocenters. The van der Waals surface area contributed by atoms with E-state index in [0.29, 0.717) is 6.42 Å². The summed E-state index contributed by atoms with van der Waals surface area (Å²) in [6.07, 6.45) is 6.63. The van der Waals surface area contributed by atoms with Crippen molar-refractivity contribution in [1.82, 2.24) is 4.90 Å². The molecule has 0 spiro atoms. The van der Waals surface area contributed by atoms with Gasteiger partial charge in [-0.15, -0.1) is 0 Å². The lowest BCUT2D eigenvalue weighted by molar-refractivity contribution is -0.134. The van der Waals surface area contributed by atoms with Gasteiger partial charge in [-0.1, -0.05) is 6.42 Å². The summed E-state index contributed by atoms with van der Waals surface area (Å²) in [5.74, 6) is 0.258. The summed E-state index contributed by atoms with van der Waals surface area (Å²) in [6.45, 7) is 0.862. The average molecular weight is 197 g/mol. The van der Waals surface area contributed by atoms with Crippen molar-refractivity contribution in [3.05, 3.63) is 0 Å². The first-order valence-electron chi connectivity index (χ1n) is 5.76. The lowest BCUT2D eigenvalue weighted by Crippen LogP contribution is -2.44. The molecule has 0 aromatic heterocycles. The molecule has 1 saturated heterocycles. The Kier molecular flexibility index (Phi) is 3.06. The van der Waals surface area contributed by atoms with Gasteiger partial charge in [0, 0.05) is 13.0 Å². The van der Waals surface area contributed by atoms with E-state index in [1.807, 2.05) is 4.90 Å². The quantitative estimate of drug-likeness (QED) is 0.688. The molecule has 1 amide bonds. The molecule has 1 aliphatic heterocycles. The van der Waals surface area contributed by atoms with Gasteiger partial charge in [-0.05, 0) is 32.1 Å². The van der Waals surface area contributed by atoms with Crippen molar-refractivity contribution in [2.75, 3.05) is 6.54 Å². The Morgan fingerprint density at radius 2 is 2.00 bits per heavy atom. The van der Waals surface area contributed by atoms with Crippen molar-refractivity contribution in [2.24, 2.45) is 0 Å². The number of carbonyl (C=O) groups excluding carboxylic acids is 1. The molecule has 2 fully saturated rings. The predicted molar refractivity (Wildman–Crippen MR) is 53.8 cm³/mol. The van der Waals surface area contributed by atoms with E-state index in [9.17, 15) is 9.90 Å². The summed E-state index contributed by atoms with van der Waals surface area (Å²) in [5, 5.41) is 9.76. The molecule has 80 valence electrons. The molecule has 1 N–H and O–H groups in total. The van der Waals surface area contributed by atoms with E-state index in [0.717, 1.165) is 45.1 Å². The minimum Gasteiger partial charge on any atom is -0.391 e. The van der Waals surface area contributed by atoms with Crippen molar-refractivity contribution in [1.29, 1.82) is 0 Å². The van der Waals surface area contributed by atoms with E-state index < -0.39 is 0 Å². The van der Waals surface area contributed by atoms with Crippen LogP contribution in [0.25, 0.3) is 0 Å². The number of amides is 1. The summed E-state index contributed by atoms with van der Waals surface area (Å²) >= 11 is 0. The van der Waals surface area contributed by atoms with Gasteiger partial charge >= 0.3 is 0 Å². The molecular formula is C11H19NO2. The second-order valence-corrected chi connectivity index (χ2v) is 4.46. The molecule has 1 heterocycles. The van der Waals surface area contributed by atoms with Crippen LogP contribution in [-0.2, 0) is 4.79 Å². The second-order valence-electron chi connectivity index (χ2n) is 4.46. The maximum absolute atomic E-state index is 11.8. The Labute approximate surface area is 85.1 Å². The monoisotopic (exact) mass is 197 g/mol. The molecule has 2 aliphatic rings. The zero-order valence-corrected chi connectivity index (χ0v) is 8.61. The molecule has 0 aromatic rings. The molecule has 3 nitrogen and oxygen atoms in total. The van der Waals surface area contributed by atoms with Crippen LogP contribution in [0.2, 0.25) is 0 Å². The van der Waals surface area contributed by atoms with Crippen molar-refractivity contribution < 1.29 is 9.90 Å². The first-order valence-corrected chi connectivity index (χ1v) is 5.76. The van der Waals surface area contributed by atoms with Crippen LogP contribution in [0.4, 0.5) is 0 Å². The molecule has 2 rings (SSSR count). The Bertz CT molecular complexity index is 217. The molecule has 0 bridgehead atoms. The predicted octanol–water partition coefficient (Wildman–Crippen LogP) is 1.30. The Morgan fingerprint density at radius 3 is 2.71 bits per heavy atom. The highest BCUT2D eigenvalue weighted by Gasteiger charge is 2.33. The van der Waals surface area contributed by atoms with Crippen LogP contribution in [0, 0.1) is 0 Å². The molecule has 0 radical (unpaired) electrons. The van der Waals surface area contributed by atoms with Gasteiger partial charge in [0.05, 0.1) is 12.1 Å². The fraction of sp³-hybridized carbons (Fsp3) is 0.909. The highest BCUT2D eigenvalue weighted by Crippen LogP contribution is 2.26. The molecule has 1 aliphatic carbocycles. The summed E-state index contributed by atoms with van der Waals surface area (Å²) in [5.41, 5.74) is 0. The SMILES string of the molecule is O=C1CCCCCN1[C@H]1CCC[C@@H]1O. The molecule has 0 unspecified atom stereocenters. The van der Waals surface area contributed by atoms with Crippen molar-refractivity contribution in [3.8, 4) is 0 Å². The second kappa shape index (κ2) is 4.30. The van der Waals surface area contributed by atoms with Crippen LogP contribution < -0.4 is 0 Å². The van der Waals surface area contributed by atoms with Gasteiger partial charge in [0.2, 0.25) is 5.91 Å².